The third-order valence-electron chi connectivity index (χ3n) is 4.29. The van der Waals surface area contributed by atoms with Crippen molar-refractivity contribution in [1.82, 2.24) is 0 Å². The van der Waals surface area contributed by atoms with Crippen molar-refractivity contribution in [2.45, 2.75) is 17.7 Å². The van der Waals surface area contributed by atoms with Gasteiger partial charge in [-0.25, -0.2) is 18.1 Å². The fourth-order valence-electron chi connectivity index (χ4n) is 2.90. The molecule has 1 heterocycles. The van der Waals surface area contributed by atoms with E-state index < -0.39 is 27.8 Å². The number of sulfonamides is 1. The molecule has 1 aliphatic heterocycles. The van der Waals surface area contributed by atoms with E-state index in [1.165, 1.54) is 56.7 Å². The van der Waals surface area contributed by atoms with Crippen LogP contribution >= 0.6 is 0 Å². The molecule has 0 aromatic heterocycles. The molecule has 29 heavy (non-hydrogen) atoms. The van der Waals surface area contributed by atoms with Gasteiger partial charge in [0.2, 0.25) is 11.8 Å². The summed E-state index contributed by atoms with van der Waals surface area (Å²) in [6.45, 7) is 0. The number of methoxy groups -OCH3 is 2. The van der Waals surface area contributed by atoms with Gasteiger partial charge in [-0.1, -0.05) is 6.07 Å². The highest BCUT2D eigenvalue weighted by Crippen LogP contribution is 2.34. The molecule has 2 amide bonds. The Morgan fingerprint density at radius 1 is 1.03 bits per heavy atom. The van der Waals surface area contributed by atoms with Gasteiger partial charge < -0.3 is 9.47 Å². The highest BCUT2D eigenvalue weighted by molar-refractivity contribution is 7.92. The summed E-state index contributed by atoms with van der Waals surface area (Å²) in [6, 6.07) is 9.66. The number of esters is 1. The highest BCUT2D eigenvalue weighted by atomic mass is 32.2. The molecule has 0 radical (unpaired) electrons. The molecule has 152 valence electrons. The topological polar surface area (TPSA) is 119 Å². The summed E-state index contributed by atoms with van der Waals surface area (Å²) >= 11 is 0. The number of nitrogens with one attached hydrogen (secondary N) is 1. The number of carbonyl (C=O) groups excluding carboxylic acids is 3. The summed E-state index contributed by atoms with van der Waals surface area (Å²) in [5, 5.41) is 0. The fraction of sp³-hybridized carbons (Fsp3) is 0.211. The van der Waals surface area contributed by atoms with Gasteiger partial charge in [-0.15, -0.1) is 0 Å². The lowest BCUT2D eigenvalue weighted by Gasteiger charge is -2.18. The molecule has 1 aliphatic rings. The molecular formula is C19H18N2O7S. The maximum atomic E-state index is 12.8. The third kappa shape index (κ3) is 4.06. The lowest BCUT2D eigenvalue weighted by molar-refractivity contribution is -0.121. The van der Waals surface area contributed by atoms with E-state index in [2.05, 4.69) is 9.46 Å². The van der Waals surface area contributed by atoms with E-state index in [0.717, 1.165) is 4.90 Å². The first-order chi connectivity index (χ1) is 13.8. The first kappa shape index (κ1) is 20.3. The molecule has 10 heteroatoms. The van der Waals surface area contributed by atoms with Crippen LogP contribution in [-0.4, -0.2) is 40.4 Å². The van der Waals surface area contributed by atoms with Crippen molar-refractivity contribution >= 4 is 39.2 Å². The summed E-state index contributed by atoms with van der Waals surface area (Å²) in [4.78, 5) is 36.5. The van der Waals surface area contributed by atoms with Crippen LogP contribution in [0.1, 0.15) is 23.2 Å². The Balaban J connectivity index is 1.97. The molecule has 2 aromatic rings. The predicted molar refractivity (Wildman–Crippen MR) is 103 cm³/mol. The van der Waals surface area contributed by atoms with Gasteiger partial charge in [-0.3, -0.25) is 14.3 Å². The number of nitrogens with zero attached hydrogens (tertiary/aromatic N) is 1. The Labute approximate surface area is 167 Å². The number of ether oxygens (including phenoxy) is 2. The second-order valence-corrected chi connectivity index (χ2v) is 7.82. The van der Waals surface area contributed by atoms with Crippen LogP contribution in [0.25, 0.3) is 0 Å². The highest BCUT2D eigenvalue weighted by Gasteiger charge is 2.33. The predicted octanol–water partition coefficient (Wildman–Crippen LogP) is 1.94. The van der Waals surface area contributed by atoms with Crippen LogP contribution in [0.3, 0.4) is 0 Å². The SMILES string of the molecule is COC(=O)c1cccc(NS(=O)(=O)c2ccc(OC)c(N3C(=O)CCC3=O)c2)c1. The van der Waals surface area contributed by atoms with Gasteiger partial charge in [0, 0.05) is 18.5 Å². The first-order valence-corrected chi connectivity index (χ1v) is 10.00. The van der Waals surface area contributed by atoms with Crippen LogP contribution in [0, 0.1) is 0 Å². The van der Waals surface area contributed by atoms with E-state index in [4.69, 9.17) is 4.74 Å². The molecule has 0 bridgehead atoms. The zero-order chi connectivity index (χ0) is 21.2. The summed E-state index contributed by atoms with van der Waals surface area (Å²) in [5.74, 6) is -1.27. The van der Waals surface area contributed by atoms with Crippen molar-refractivity contribution in [2.75, 3.05) is 23.8 Å². The summed E-state index contributed by atoms with van der Waals surface area (Å²) < 4.78 is 37.8. The Hall–Kier alpha value is -3.40. The average Bonchev–Trinajstić information content (AvgIpc) is 3.04. The lowest BCUT2D eigenvalue weighted by atomic mass is 10.2. The summed E-state index contributed by atoms with van der Waals surface area (Å²) in [6.07, 6.45) is 0.106. The number of carbonyl (C=O) groups is 3. The molecule has 0 atom stereocenters. The molecule has 1 saturated heterocycles. The maximum absolute atomic E-state index is 12.8. The molecular weight excluding hydrogens is 400 g/mol. The maximum Gasteiger partial charge on any atom is 0.337 e. The Kier molecular flexibility index (Phi) is 5.55. The Morgan fingerprint density at radius 3 is 2.34 bits per heavy atom. The molecule has 3 rings (SSSR count). The molecule has 0 saturated carbocycles. The number of rotatable bonds is 6. The number of imide groups is 1. The monoisotopic (exact) mass is 418 g/mol. The fourth-order valence-corrected chi connectivity index (χ4v) is 3.97. The van der Waals surface area contributed by atoms with Crippen molar-refractivity contribution < 1.29 is 32.3 Å². The third-order valence-corrected chi connectivity index (χ3v) is 5.67. The number of hydrogen-bond donors (Lipinski definition) is 1. The summed E-state index contributed by atoms with van der Waals surface area (Å²) in [5.41, 5.74) is 0.390. The Morgan fingerprint density at radius 2 is 1.72 bits per heavy atom. The second-order valence-electron chi connectivity index (χ2n) is 6.13. The molecule has 0 unspecified atom stereocenters. The van der Waals surface area contributed by atoms with E-state index in [-0.39, 0.29) is 40.4 Å². The minimum atomic E-state index is -4.08. The van der Waals surface area contributed by atoms with Gasteiger partial charge in [-0.05, 0) is 36.4 Å². The van der Waals surface area contributed by atoms with Crippen molar-refractivity contribution in [3.63, 3.8) is 0 Å². The normalized spacial score (nSPS) is 14.1. The van der Waals surface area contributed by atoms with Crippen molar-refractivity contribution in [3.05, 3.63) is 48.0 Å². The van der Waals surface area contributed by atoms with Gasteiger partial charge in [0.15, 0.2) is 0 Å². The van der Waals surface area contributed by atoms with Crippen molar-refractivity contribution in [3.8, 4) is 5.75 Å². The zero-order valence-corrected chi connectivity index (χ0v) is 16.5. The Bertz CT molecular complexity index is 1080. The number of anilines is 2. The molecule has 1 fully saturated rings. The molecule has 0 aliphatic carbocycles. The van der Waals surface area contributed by atoms with Crippen LogP contribution in [0.15, 0.2) is 47.4 Å². The minimum Gasteiger partial charge on any atom is -0.495 e. The van der Waals surface area contributed by atoms with Crippen LogP contribution in [0.4, 0.5) is 11.4 Å². The standard InChI is InChI=1S/C19H18N2O7S/c1-27-16-7-6-14(11-15(16)21-17(22)8-9-18(21)23)29(25,26)20-13-5-3-4-12(10-13)19(24)28-2/h3-7,10-11,20H,8-9H2,1-2H3. The quantitative estimate of drug-likeness (QED) is 0.562. The van der Waals surface area contributed by atoms with Crippen LogP contribution < -0.4 is 14.4 Å². The lowest BCUT2D eigenvalue weighted by Crippen LogP contribution is -2.29. The van der Waals surface area contributed by atoms with Gasteiger partial charge in [0.05, 0.1) is 30.4 Å². The smallest absolute Gasteiger partial charge is 0.337 e. The van der Waals surface area contributed by atoms with Crippen LogP contribution in [-0.2, 0) is 24.3 Å². The van der Waals surface area contributed by atoms with Gasteiger partial charge in [0.1, 0.15) is 5.75 Å². The van der Waals surface area contributed by atoms with E-state index in [1.54, 1.807) is 0 Å². The van der Waals surface area contributed by atoms with Crippen LogP contribution in [0.2, 0.25) is 0 Å². The molecule has 0 spiro atoms. The number of amides is 2. The second kappa shape index (κ2) is 7.92. The summed E-state index contributed by atoms with van der Waals surface area (Å²) in [7, 11) is -1.50. The molecule has 1 N–H and O–H groups in total. The van der Waals surface area contributed by atoms with Crippen molar-refractivity contribution in [1.29, 1.82) is 0 Å². The number of benzene rings is 2. The van der Waals surface area contributed by atoms with E-state index in [9.17, 15) is 22.8 Å². The average molecular weight is 418 g/mol. The van der Waals surface area contributed by atoms with Gasteiger partial charge >= 0.3 is 5.97 Å². The first-order valence-electron chi connectivity index (χ1n) is 8.52. The largest absolute Gasteiger partial charge is 0.495 e. The van der Waals surface area contributed by atoms with Crippen molar-refractivity contribution in [2.24, 2.45) is 0 Å². The molecule has 9 nitrogen and oxygen atoms in total. The molecule has 2 aromatic carbocycles. The van der Waals surface area contributed by atoms with E-state index in [1.807, 2.05) is 0 Å². The van der Waals surface area contributed by atoms with Crippen LogP contribution in [0.5, 0.6) is 5.75 Å². The number of hydrogen-bond acceptors (Lipinski definition) is 7. The zero-order valence-electron chi connectivity index (χ0n) is 15.7. The van der Waals surface area contributed by atoms with Gasteiger partial charge in [-0.2, -0.15) is 0 Å². The van der Waals surface area contributed by atoms with E-state index >= 15 is 0 Å². The minimum absolute atomic E-state index is 0.0531. The van der Waals surface area contributed by atoms with E-state index in [0.29, 0.717) is 0 Å². The van der Waals surface area contributed by atoms with Gasteiger partial charge in [0.25, 0.3) is 10.0 Å².